The van der Waals surface area contributed by atoms with Gasteiger partial charge in [-0.25, -0.2) is 26.9 Å². The first-order valence-electron chi connectivity index (χ1n) is 5.37. The number of pyridine rings is 1. The standard InChI is InChI=1S/C12H8F5N3/c1-18-11-8(16)4-9(17)12(20-11)19-10-6(14)2-5(13)3-7(10)15/h2-4H,1H3,(H2,18,19,20). The molecule has 0 spiro atoms. The average Bonchev–Trinajstić information content (AvgIpc) is 2.35. The quantitative estimate of drug-likeness (QED) is 0.848. The van der Waals surface area contributed by atoms with Crippen molar-refractivity contribution in [2.24, 2.45) is 0 Å². The first kappa shape index (κ1) is 14.0. The topological polar surface area (TPSA) is 37.0 Å². The minimum Gasteiger partial charge on any atom is -0.371 e. The second-order valence-electron chi connectivity index (χ2n) is 3.77. The molecular formula is C12H8F5N3. The van der Waals surface area contributed by atoms with Crippen LogP contribution in [-0.2, 0) is 0 Å². The van der Waals surface area contributed by atoms with Crippen molar-refractivity contribution < 1.29 is 22.0 Å². The minimum absolute atomic E-state index is 0.308. The van der Waals surface area contributed by atoms with Gasteiger partial charge in [-0.05, 0) is 0 Å². The highest BCUT2D eigenvalue weighted by atomic mass is 19.2. The van der Waals surface area contributed by atoms with Gasteiger partial charge in [0.2, 0.25) is 0 Å². The van der Waals surface area contributed by atoms with Crippen LogP contribution in [0.15, 0.2) is 18.2 Å². The number of aromatic nitrogens is 1. The van der Waals surface area contributed by atoms with Crippen LogP contribution in [0.5, 0.6) is 0 Å². The Bertz CT molecular complexity index is 637. The molecule has 3 nitrogen and oxygen atoms in total. The molecule has 0 amide bonds. The lowest BCUT2D eigenvalue weighted by Gasteiger charge is -2.11. The molecule has 2 N–H and O–H groups in total. The summed E-state index contributed by atoms with van der Waals surface area (Å²) < 4.78 is 66.2. The van der Waals surface area contributed by atoms with Gasteiger partial charge in [-0.3, -0.25) is 0 Å². The van der Waals surface area contributed by atoms with E-state index >= 15 is 0 Å². The Labute approximate surface area is 110 Å². The molecular weight excluding hydrogens is 281 g/mol. The molecule has 20 heavy (non-hydrogen) atoms. The molecule has 0 fully saturated rings. The van der Waals surface area contributed by atoms with Gasteiger partial charge in [0.05, 0.1) is 0 Å². The largest absolute Gasteiger partial charge is 0.371 e. The fourth-order valence-electron chi connectivity index (χ4n) is 1.51. The third-order valence-electron chi connectivity index (χ3n) is 2.42. The Balaban J connectivity index is 2.45. The summed E-state index contributed by atoms with van der Waals surface area (Å²) in [5.74, 6) is -6.66. The van der Waals surface area contributed by atoms with E-state index in [0.29, 0.717) is 18.2 Å². The predicted octanol–water partition coefficient (Wildman–Crippen LogP) is 3.56. The highest BCUT2D eigenvalue weighted by Gasteiger charge is 2.16. The molecule has 0 unspecified atom stereocenters. The maximum Gasteiger partial charge on any atom is 0.169 e. The van der Waals surface area contributed by atoms with E-state index in [0.717, 1.165) is 0 Å². The summed E-state index contributed by atoms with van der Waals surface area (Å²) in [4.78, 5) is 3.49. The van der Waals surface area contributed by atoms with Gasteiger partial charge in [0.1, 0.15) is 11.5 Å². The molecule has 0 radical (unpaired) electrons. The van der Waals surface area contributed by atoms with E-state index in [1.54, 1.807) is 0 Å². The third-order valence-corrected chi connectivity index (χ3v) is 2.42. The molecule has 0 atom stereocenters. The zero-order chi connectivity index (χ0) is 14.9. The number of nitrogens with one attached hydrogen (secondary N) is 2. The number of nitrogens with zero attached hydrogens (tertiary/aromatic N) is 1. The van der Waals surface area contributed by atoms with Crippen LogP contribution in [0.3, 0.4) is 0 Å². The van der Waals surface area contributed by atoms with E-state index in [-0.39, 0.29) is 5.82 Å². The van der Waals surface area contributed by atoms with E-state index in [2.05, 4.69) is 10.3 Å². The van der Waals surface area contributed by atoms with E-state index in [1.165, 1.54) is 7.05 Å². The molecule has 0 aliphatic rings. The fourth-order valence-corrected chi connectivity index (χ4v) is 1.51. The summed E-state index contributed by atoms with van der Waals surface area (Å²) >= 11 is 0. The Morgan fingerprint density at radius 1 is 0.800 bits per heavy atom. The molecule has 0 saturated heterocycles. The number of rotatable bonds is 3. The molecule has 2 rings (SSSR count). The molecule has 2 aromatic rings. The van der Waals surface area contributed by atoms with Crippen LogP contribution in [0, 0.1) is 29.1 Å². The summed E-state index contributed by atoms with van der Waals surface area (Å²) in [6, 6.07) is 1.35. The van der Waals surface area contributed by atoms with Crippen molar-refractivity contribution in [3.8, 4) is 0 Å². The van der Waals surface area contributed by atoms with Crippen LogP contribution in [0.2, 0.25) is 0 Å². The SMILES string of the molecule is CNc1nc(Nc2c(F)cc(F)cc2F)c(F)cc1F. The highest BCUT2D eigenvalue weighted by molar-refractivity contribution is 5.60. The number of benzene rings is 1. The van der Waals surface area contributed by atoms with Crippen molar-refractivity contribution in [3.63, 3.8) is 0 Å². The maximum atomic E-state index is 13.5. The second-order valence-corrected chi connectivity index (χ2v) is 3.77. The van der Waals surface area contributed by atoms with Gasteiger partial charge < -0.3 is 10.6 Å². The molecule has 8 heteroatoms. The summed E-state index contributed by atoms with van der Waals surface area (Å²) in [6.45, 7) is 0. The van der Waals surface area contributed by atoms with E-state index < -0.39 is 40.6 Å². The van der Waals surface area contributed by atoms with Gasteiger partial charge in [-0.1, -0.05) is 0 Å². The normalized spacial score (nSPS) is 10.5. The molecule has 106 valence electrons. The number of halogens is 5. The fraction of sp³-hybridized carbons (Fsp3) is 0.0833. The lowest BCUT2D eigenvalue weighted by molar-refractivity contribution is 0.547. The maximum absolute atomic E-state index is 13.5. The Kier molecular flexibility index (Phi) is 3.73. The van der Waals surface area contributed by atoms with Crippen molar-refractivity contribution in [2.75, 3.05) is 17.7 Å². The minimum atomic E-state index is -1.26. The Morgan fingerprint density at radius 2 is 1.35 bits per heavy atom. The van der Waals surface area contributed by atoms with E-state index in [4.69, 9.17) is 0 Å². The zero-order valence-corrected chi connectivity index (χ0v) is 10.1. The van der Waals surface area contributed by atoms with Crippen LogP contribution in [-0.4, -0.2) is 12.0 Å². The molecule has 0 aliphatic heterocycles. The van der Waals surface area contributed by atoms with Crippen LogP contribution in [0.25, 0.3) is 0 Å². The monoisotopic (exact) mass is 289 g/mol. The summed E-state index contributed by atoms with van der Waals surface area (Å²) in [6.07, 6.45) is 0. The van der Waals surface area contributed by atoms with Gasteiger partial charge in [0, 0.05) is 25.2 Å². The number of hydrogen-bond acceptors (Lipinski definition) is 3. The first-order chi connectivity index (χ1) is 9.42. The molecule has 0 saturated carbocycles. The summed E-state index contributed by atoms with van der Waals surface area (Å²) in [7, 11) is 1.34. The van der Waals surface area contributed by atoms with Crippen molar-refractivity contribution in [1.29, 1.82) is 0 Å². The second kappa shape index (κ2) is 5.32. The zero-order valence-electron chi connectivity index (χ0n) is 10.1. The Morgan fingerprint density at radius 3 is 1.90 bits per heavy atom. The lowest BCUT2D eigenvalue weighted by atomic mass is 10.2. The summed E-state index contributed by atoms with van der Waals surface area (Å²) in [5, 5.41) is 4.38. The highest BCUT2D eigenvalue weighted by Crippen LogP contribution is 2.26. The smallest absolute Gasteiger partial charge is 0.169 e. The Hall–Kier alpha value is -2.38. The number of anilines is 3. The van der Waals surface area contributed by atoms with Gasteiger partial charge in [-0.2, -0.15) is 0 Å². The molecule has 0 bridgehead atoms. The van der Waals surface area contributed by atoms with Crippen LogP contribution in [0.4, 0.5) is 39.3 Å². The molecule has 1 aromatic heterocycles. The van der Waals surface area contributed by atoms with E-state index in [9.17, 15) is 22.0 Å². The van der Waals surface area contributed by atoms with Crippen molar-refractivity contribution in [1.82, 2.24) is 4.98 Å². The van der Waals surface area contributed by atoms with Gasteiger partial charge in [-0.15, -0.1) is 0 Å². The predicted molar refractivity (Wildman–Crippen MR) is 63.3 cm³/mol. The van der Waals surface area contributed by atoms with Crippen molar-refractivity contribution in [3.05, 3.63) is 47.3 Å². The van der Waals surface area contributed by atoms with Crippen molar-refractivity contribution in [2.45, 2.75) is 0 Å². The van der Waals surface area contributed by atoms with E-state index in [1.807, 2.05) is 5.32 Å². The average molecular weight is 289 g/mol. The lowest BCUT2D eigenvalue weighted by Crippen LogP contribution is -2.06. The van der Waals surface area contributed by atoms with Crippen molar-refractivity contribution >= 4 is 17.3 Å². The molecule has 1 aromatic carbocycles. The molecule has 1 heterocycles. The van der Waals surface area contributed by atoms with Gasteiger partial charge in [0.25, 0.3) is 0 Å². The van der Waals surface area contributed by atoms with Gasteiger partial charge >= 0.3 is 0 Å². The molecule has 0 aliphatic carbocycles. The van der Waals surface area contributed by atoms with Crippen LogP contribution in [0.1, 0.15) is 0 Å². The summed E-state index contributed by atoms with van der Waals surface area (Å²) in [5.41, 5.74) is -0.786. The van der Waals surface area contributed by atoms with Crippen LogP contribution >= 0.6 is 0 Å². The third kappa shape index (κ3) is 2.63. The first-order valence-corrected chi connectivity index (χ1v) is 5.37. The number of hydrogen-bond donors (Lipinski definition) is 2. The van der Waals surface area contributed by atoms with Gasteiger partial charge in [0.15, 0.2) is 34.9 Å². The van der Waals surface area contributed by atoms with Crippen LogP contribution < -0.4 is 10.6 Å².